The Labute approximate surface area is 231 Å². The van der Waals surface area contributed by atoms with Crippen LogP contribution in [-0.4, -0.2) is 63.2 Å². The molecule has 0 saturated carbocycles. The maximum Gasteiger partial charge on any atom is 0.304 e. The van der Waals surface area contributed by atoms with E-state index in [9.17, 15) is 22.4 Å². The number of carbonyl (C=O) groups is 2. The minimum Gasteiger partial charge on any atom is -0.357 e. The molecule has 2 amide bonds. The Kier molecular flexibility index (Phi) is 10.0. The zero-order chi connectivity index (χ0) is 27.9. The van der Waals surface area contributed by atoms with E-state index in [-0.39, 0.29) is 24.6 Å². The highest BCUT2D eigenvalue weighted by atomic mass is 79.9. The van der Waals surface area contributed by atoms with Crippen molar-refractivity contribution in [1.82, 2.24) is 14.5 Å². The van der Waals surface area contributed by atoms with Crippen molar-refractivity contribution in [2.45, 2.75) is 19.0 Å². The van der Waals surface area contributed by atoms with Crippen LogP contribution in [0.2, 0.25) is 0 Å². The largest absolute Gasteiger partial charge is 0.357 e. The summed E-state index contributed by atoms with van der Waals surface area (Å²) in [7, 11) is 0.0459. The minimum absolute atomic E-state index is 0.0580. The van der Waals surface area contributed by atoms with Crippen LogP contribution < -0.4 is 9.62 Å². The number of nitrogens with zero attached hydrogens (tertiary/aromatic N) is 3. The lowest BCUT2D eigenvalue weighted by Crippen LogP contribution is -2.53. The standard InChI is InChI=1S/C27H30BrFN4O4S/c1-30-27(35)25(17-20-8-5-4-6-9-20)32(18-21-10-7-11-22(28)16-21)26(34)19-33(38(36,37)31(2)3)24-14-12-23(29)13-15-24/h4-16,25H,17-19H2,1-3H3,(H,30,35). The van der Waals surface area contributed by atoms with Crippen LogP contribution in [0.1, 0.15) is 11.1 Å². The average molecular weight is 606 g/mol. The van der Waals surface area contributed by atoms with Gasteiger partial charge in [0.2, 0.25) is 11.8 Å². The number of nitrogens with one attached hydrogen (secondary N) is 1. The molecular formula is C27H30BrFN4O4S. The van der Waals surface area contributed by atoms with Gasteiger partial charge in [-0.05, 0) is 47.5 Å². The number of halogens is 2. The molecule has 38 heavy (non-hydrogen) atoms. The monoisotopic (exact) mass is 604 g/mol. The smallest absolute Gasteiger partial charge is 0.304 e. The van der Waals surface area contributed by atoms with Gasteiger partial charge in [0.15, 0.2) is 0 Å². The quantitative estimate of drug-likeness (QED) is 0.362. The van der Waals surface area contributed by atoms with E-state index in [1.54, 1.807) is 0 Å². The van der Waals surface area contributed by atoms with Gasteiger partial charge < -0.3 is 10.2 Å². The van der Waals surface area contributed by atoms with Crippen molar-refractivity contribution in [2.24, 2.45) is 0 Å². The summed E-state index contributed by atoms with van der Waals surface area (Å²) in [6, 6.07) is 20.5. The molecule has 0 aliphatic heterocycles. The highest BCUT2D eigenvalue weighted by Gasteiger charge is 2.34. The van der Waals surface area contributed by atoms with Crippen molar-refractivity contribution in [2.75, 3.05) is 32.0 Å². The Morgan fingerprint density at radius 2 is 1.58 bits per heavy atom. The van der Waals surface area contributed by atoms with E-state index in [0.717, 1.165) is 36.3 Å². The van der Waals surface area contributed by atoms with E-state index >= 15 is 0 Å². The first-order chi connectivity index (χ1) is 18.0. The first-order valence-electron chi connectivity index (χ1n) is 11.8. The third kappa shape index (κ3) is 7.40. The molecule has 0 spiro atoms. The van der Waals surface area contributed by atoms with Crippen LogP contribution in [0.5, 0.6) is 0 Å². The van der Waals surface area contributed by atoms with E-state index in [0.29, 0.717) is 0 Å². The fourth-order valence-electron chi connectivity index (χ4n) is 3.88. The number of carbonyl (C=O) groups excluding carboxylic acids is 2. The second kappa shape index (κ2) is 13.0. The third-order valence-electron chi connectivity index (χ3n) is 5.89. The lowest BCUT2D eigenvalue weighted by Gasteiger charge is -2.34. The van der Waals surface area contributed by atoms with Crippen LogP contribution in [0, 0.1) is 5.82 Å². The van der Waals surface area contributed by atoms with Gasteiger partial charge in [0.25, 0.3) is 0 Å². The van der Waals surface area contributed by atoms with Gasteiger partial charge in [-0.1, -0.05) is 58.4 Å². The van der Waals surface area contributed by atoms with E-state index < -0.39 is 34.5 Å². The second-order valence-corrected chi connectivity index (χ2v) is 11.7. The number of rotatable bonds is 11. The highest BCUT2D eigenvalue weighted by Crippen LogP contribution is 2.23. The van der Waals surface area contributed by atoms with Crippen LogP contribution in [0.3, 0.4) is 0 Å². The highest BCUT2D eigenvalue weighted by molar-refractivity contribution is 9.10. The SMILES string of the molecule is CNC(=O)C(Cc1ccccc1)N(Cc1cccc(Br)c1)C(=O)CN(c1ccc(F)cc1)S(=O)(=O)N(C)C. The normalized spacial score (nSPS) is 12.2. The number of amides is 2. The van der Waals surface area contributed by atoms with Crippen LogP contribution in [0.15, 0.2) is 83.3 Å². The predicted molar refractivity (Wildman–Crippen MR) is 149 cm³/mol. The average Bonchev–Trinajstić information content (AvgIpc) is 2.89. The van der Waals surface area contributed by atoms with Crippen molar-refractivity contribution in [3.05, 3.63) is 100 Å². The molecule has 0 aliphatic rings. The molecule has 8 nitrogen and oxygen atoms in total. The Morgan fingerprint density at radius 1 is 0.947 bits per heavy atom. The molecule has 3 rings (SSSR count). The molecule has 202 valence electrons. The van der Waals surface area contributed by atoms with Crippen molar-refractivity contribution in [1.29, 1.82) is 0 Å². The Balaban J connectivity index is 2.06. The molecule has 3 aromatic carbocycles. The second-order valence-electron chi connectivity index (χ2n) is 8.74. The van der Waals surface area contributed by atoms with Gasteiger partial charge in [-0.2, -0.15) is 12.7 Å². The predicted octanol–water partition coefficient (Wildman–Crippen LogP) is 3.59. The minimum atomic E-state index is -4.13. The van der Waals surface area contributed by atoms with Crippen LogP contribution in [0.25, 0.3) is 0 Å². The summed E-state index contributed by atoms with van der Waals surface area (Å²) in [5, 5.41) is 2.63. The van der Waals surface area contributed by atoms with Gasteiger partial charge >= 0.3 is 10.2 Å². The molecule has 1 atom stereocenters. The Bertz CT molecular complexity index is 1360. The summed E-state index contributed by atoms with van der Waals surface area (Å²) >= 11 is 3.43. The van der Waals surface area contributed by atoms with Crippen molar-refractivity contribution >= 4 is 43.6 Å². The third-order valence-corrected chi connectivity index (χ3v) is 8.21. The maximum atomic E-state index is 13.9. The van der Waals surface area contributed by atoms with E-state index in [2.05, 4.69) is 21.2 Å². The number of hydrogen-bond donors (Lipinski definition) is 1. The molecule has 1 unspecified atom stereocenters. The zero-order valence-corrected chi connectivity index (χ0v) is 23.7. The molecule has 3 aromatic rings. The lowest BCUT2D eigenvalue weighted by molar-refractivity contribution is -0.139. The molecule has 0 bridgehead atoms. The Hall–Kier alpha value is -3.28. The van der Waals surface area contributed by atoms with E-state index in [1.165, 1.54) is 38.2 Å². The van der Waals surface area contributed by atoms with E-state index in [4.69, 9.17) is 0 Å². The molecule has 0 saturated heterocycles. The molecule has 0 aromatic heterocycles. The molecule has 0 heterocycles. The molecular weight excluding hydrogens is 575 g/mol. The van der Waals surface area contributed by atoms with Crippen LogP contribution in [0.4, 0.5) is 10.1 Å². The molecule has 0 aliphatic carbocycles. The lowest BCUT2D eigenvalue weighted by atomic mass is 10.0. The molecule has 0 fully saturated rings. The van der Waals surface area contributed by atoms with Crippen molar-refractivity contribution < 1.29 is 22.4 Å². The first kappa shape index (κ1) is 29.3. The van der Waals surface area contributed by atoms with Crippen LogP contribution >= 0.6 is 15.9 Å². The van der Waals surface area contributed by atoms with Crippen molar-refractivity contribution in [3.63, 3.8) is 0 Å². The zero-order valence-electron chi connectivity index (χ0n) is 21.3. The van der Waals surface area contributed by atoms with Crippen molar-refractivity contribution in [3.8, 4) is 0 Å². The number of likely N-dealkylation sites (N-methyl/N-ethyl adjacent to an activating group) is 1. The molecule has 1 N–H and O–H groups in total. The van der Waals surface area contributed by atoms with E-state index in [1.807, 2.05) is 54.6 Å². The van der Waals surface area contributed by atoms with Crippen LogP contribution in [-0.2, 0) is 32.8 Å². The van der Waals surface area contributed by atoms with Gasteiger partial charge in [0, 0.05) is 38.6 Å². The number of anilines is 1. The summed E-state index contributed by atoms with van der Waals surface area (Å²) < 4.78 is 42.7. The summed E-state index contributed by atoms with van der Waals surface area (Å²) in [5.74, 6) is -1.52. The summed E-state index contributed by atoms with van der Waals surface area (Å²) in [5.41, 5.74) is 1.71. The van der Waals surface area contributed by atoms with Gasteiger partial charge in [0.05, 0.1) is 5.69 Å². The number of hydrogen-bond acceptors (Lipinski definition) is 4. The summed E-state index contributed by atoms with van der Waals surface area (Å²) in [4.78, 5) is 28.4. The van der Waals surface area contributed by atoms with Gasteiger partial charge in [-0.25, -0.2) is 8.70 Å². The van der Waals surface area contributed by atoms with Gasteiger partial charge in [0.1, 0.15) is 18.4 Å². The van der Waals surface area contributed by atoms with Gasteiger partial charge in [-0.3, -0.25) is 9.59 Å². The topological polar surface area (TPSA) is 90.0 Å². The summed E-state index contributed by atoms with van der Waals surface area (Å²) in [6.45, 7) is -0.537. The molecule has 0 radical (unpaired) electrons. The summed E-state index contributed by atoms with van der Waals surface area (Å²) in [6.07, 6.45) is 0.219. The number of benzene rings is 3. The fourth-order valence-corrected chi connectivity index (χ4v) is 5.38. The fraction of sp³-hybridized carbons (Fsp3) is 0.259. The molecule has 11 heteroatoms. The van der Waals surface area contributed by atoms with Gasteiger partial charge in [-0.15, -0.1) is 0 Å². The maximum absolute atomic E-state index is 13.9. The Morgan fingerprint density at radius 3 is 2.16 bits per heavy atom. The first-order valence-corrected chi connectivity index (χ1v) is 14.0.